The van der Waals surface area contributed by atoms with Crippen molar-refractivity contribution in [3.63, 3.8) is 0 Å². The van der Waals surface area contributed by atoms with Gasteiger partial charge in [-0.1, -0.05) is 24.3 Å². The van der Waals surface area contributed by atoms with Crippen LogP contribution in [0.5, 0.6) is 0 Å². The Morgan fingerprint density at radius 1 is 1.14 bits per heavy atom. The van der Waals surface area contributed by atoms with Gasteiger partial charge in [-0.2, -0.15) is 0 Å². The topological polar surface area (TPSA) is 64.1 Å². The molecule has 108 valence electrons. The molecule has 1 aliphatic heterocycles. The second-order valence-corrected chi connectivity index (χ2v) is 6.49. The molecule has 3 aromatic rings. The maximum atomic E-state index is 12.7. The largest absolute Gasteiger partial charge is 0.606 e. The van der Waals surface area contributed by atoms with Crippen LogP contribution in [0.15, 0.2) is 69.7 Å². The van der Waals surface area contributed by atoms with Crippen molar-refractivity contribution in [1.29, 1.82) is 0 Å². The molecule has 4 nitrogen and oxygen atoms in total. The molecule has 4 rings (SSSR count). The third-order valence-electron chi connectivity index (χ3n) is 3.64. The van der Waals surface area contributed by atoms with Gasteiger partial charge in [-0.05, 0) is 17.7 Å². The van der Waals surface area contributed by atoms with Crippen molar-refractivity contribution in [2.75, 3.05) is 6.54 Å². The first-order valence-corrected chi connectivity index (χ1v) is 8.12. The molecular formula is C17H13N3OS. The number of hydrogen-bond donors (Lipinski definition) is 1. The Hall–Kier alpha value is -2.37. The monoisotopic (exact) mass is 307 g/mol. The third-order valence-corrected chi connectivity index (χ3v) is 4.99. The molecule has 1 atom stereocenters. The summed E-state index contributed by atoms with van der Waals surface area (Å²) in [6.07, 6.45) is 7.53. The first-order chi connectivity index (χ1) is 10.8. The molecule has 0 aliphatic carbocycles. The van der Waals surface area contributed by atoms with Gasteiger partial charge in [-0.3, -0.25) is 4.99 Å². The molecule has 0 amide bonds. The van der Waals surface area contributed by atoms with E-state index in [2.05, 4.69) is 21.0 Å². The van der Waals surface area contributed by atoms with Crippen LogP contribution in [-0.2, 0) is 11.2 Å². The maximum Gasteiger partial charge on any atom is 0.177 e. The van der Waals surface area contributed by atoms with Gasteiger partial charge in [0, 0.05) is 40.6 Å². The lowest BCUT2D eigenvalue weighted by Gasteiger charge is -2.09. The van der Waals surface area contributed by atoms with Gasteiger partial charge >= 0.3 is 0 Å². The minimum absolute atomic E-state index is 0.704. The Morgan fingerprint density at radius 3 is 2.77 bits per heavy atom. The van der Waals surface area contributed by atoms with E-state index in [1.807, 2.05) is 48.8 Å². The summed E-state index contributed by atoms with van der Waals surface area (Å²) in [5, 5.41) is 0.974. The van der Waals surface area contributed by atoms with E-state index in [9.17, 15) is 4.55 Å². The van der Waals surface area contributed by atoms with Gasteiger partial charge in [0.05, 0.1) is 12.7 Å². The number of hydrogen-bond acceptors (Lipinski definition) is 3. The number of allylic oxidation sites excluding steroid dienone is 1. The Kier molecular flexibility index (Phi) is 3.29. The standard InChI is InChI=1S/C17H13N3OS/c21-22(13-4-2-1-3-5-13)14-8-15-16(12-6-7-18-9-12)11-20-17(15)19-10-14/h1-6,8-11H,7H2,(H,19,20). The number of fused-ring (bicyclic) bond motifs is 1. The van der Waals surface area contributed by atoms with E-state index in [0.29, 0.717) is 11.4 Å². The Morgan fingerprint density at radius 2 is 2.00 bits per heavy atom. The van der Waals surface area contributed by atoms with Crippen molar-refractivity contribution in [1.82, 2.24) is 9.97 Å². The molecule has 0 radical (unpaired) electrons. The highest BCUT2D eigenvalue weighted by molar-refractivity contribution is 7.91. The summed E-state index contributed by atoms with van der Waals surface area (Å²) in [7, 11) is 0. The summed E-state index contributed by atoms with van der Waals surface area (Å²) in [4.78, 5) is 13.3. The number of benzene rings is 1. The van der Waals surface area contributed by atoms with E-state index in [4.69, 9.17) is 0 Å². The number of aromatic amines is 1. The van der Waals surface area contributed by atoms with Gasteiger partial charge < -0.3 is 9.54 Å². The average Bonchev–Trinajstić information content (AvgIpc) is 3.23. The van der Waals surface area contributed by atoms with Crippen LogP contribution in [0.2, 0.25) is 0 Å². The zero-order chi connectivity index (χ0) is 14.9. The fourth-order valence-electron chi connectivity index (χ4n) is 2.54. The number of aromatic nitrogens is 2. The maximum absolute atomic E-state index is 12.7. The lowest BCUT2D eigenvalue weighted by molar-refractivity contribution is 0.595. The van der Waals surface area contributed by atoms with E-state index >= 15 is 0 Å². The highest BCUT2D eigenvalue weighted by Crippen LogP contribution is 2.28. The van der Waals surface area contributed by atoms with Crippen LogP contribution in [-0.4, -0.2) is 27.3 Å². The smallest absolute Gasteiger partial charge is 0.177 e. The van der Waals surface area contributed by atoms with Crippen molar-refractivity contribution in [3.05, 3.63) is 60.4 Å². The highest BCUT2D eigenvalue weighted by atomic mass is 32.2. The van der Waals surface area contributed by atoms with Gasteiger partial charge in [0.15, 0.2) is 9.79 Å². The average molecular weight is 307 g/mol. The summed E-state index contributed by atoms with van der Waals surface area (Å²) >= 11 is -1.23. The van der Waals surface area contributed by atoms with Crippen LogP contribution >= 0.6 is 0 Å². The summed E-state index contributed by atoms with van der Waals surface area (Å²) in [5.74, 6) is 0. The molecule has 2 aromatic heterocycles. The Labute approximate surface area is 130 Å². The van der Waals surface area contributed by atoms with E-state index in [-0.39, 0.29) is 0 Å². The van der Waals surface area contributed by atoms with Gasteiger partial charge in [0.1, 0.15) is 5.65 Å². The second kappa shape index (κ2) is 5.44. The first-order valence-electron chi connectivity index (χ1n) is 6.97. The van der Waals surface area contributed by atoms with Crippen molar-refractivity contribution >= 4 is 34.0 Å². The molecule has 5 heteroatoms. The van der Waals surface area contributed by atoms with Crippen LogP contribution in [0.4, 0.5) is 0 Å². The molecule has 0 saturated heterocycles. The first kappa shape index (κ1) is 13.3. The number of pyridine rings is 1. The number of aliphatic imine (C=N–C) groups is 1. The van der Waals surface area contributed by atoms with Gasteiger partial charge in [0.2, 0.25) is 0 Å². The fourth-order valence-corrected chi connectivity index (χ4v) is 3.59. The van der Waals surface area contributed by atoms with Gasteiger partial charge in [-0.15, -0.1) is 0 Å². The number of nitrogens with zero attached hydrogens (tertiary/aromatic N) is 2. The van der Waals surface area contributed by atoms with E-state index in [1.54, 1.807) is 6.20 Å². The molecule has 1 N–H and O–H groups in total. The normalized spacial score (nSPS) is 15.2. The minimum Gasteiger partial charge on any atom is -0.606 e. The van der Waals surface area contributed by atoms with Gasteiger partial charge in [-0.25, -0.2) is 4.98 Å². The van der Waals surface area contributed by atoms with Crippen LogP contribution in [0.3, 0.4) is 0 Å². The van der Waals surface area contributed by atoms with Crippen LogP contribution in [0.1, 0.15) is 5.56 Å². The molecular weight excluding hydrogens is 294 g/mol. The zero-order valence-electron chi connectivity index (χ0n) is 11.7. The number of nitrogens with one attached hydrogen (secondary N) is 1. The molecule has 1 aromatic carbocycles. The Balaban J connectivity index is 1.80. The van der Waals surface area contributed by atoms with Crippen molar-refractivity contribution in [3.8, 4) is 0 Å². The molecule has 3 heterocycles. The SMILES string of the molecule is [O-][S+](c1ccccc1)c1cnc2[nH]cc(C3=CCN=C3)c2c1. The fraction of sp³-hybridized carbons (Fsp3) is 0.0588. The van der Waals surface area contributed by atoms with Crippen molar-refractivity contribution in [2.45, 2.75) is 9.79 Å². The summed E-state index contributed by atoms with van der Waals surface area (Å²) in [6, 6.07) is 11.4. The van der Waals surface area contributed by atoms with Gasteiger partial charge in [0.25, 0.3) is 0 Å². The second-order valence-electron chi connectivity index (χ2n) is 5.01. The predicted octanol–water partition coefficient (Wildman–Crippen LogP) is 3.20. The van der Waals surface area contributed by atoms with Crippen LogP contribution in [0, 0.1) is 0 Å². The lowest BCUT2D eigenvalue weighted by Crippen LogP contribution is -2.02. The van der Waals surface area contributed by atoms with E-state index in [1.165, 1.54) is 0 Å². The number of H-pyrrole nitrogens is 1. The molecule has 0 bridgehead atoms. The predicted molar refractivity (Wildman–Crippen MR) is 88.5 cm³/mol. The molecule has 1 unspecified atom stereocenters. The molecule has 22 heavy (non-hydrogen) atoms. The van der Waals surface area contributed by atoms with Crippen LogP contribution in [0.25, 0.3) is 16.6 Å². The molecule has 0 saturated carbocycles. The van der Waals surface area contributed by atoms with E-state index in [0.717, 1.165) is 27.1 Å². The highest BCUT2D eigenvalue weighted by Gasteiger charge is 2.18. The van der Waals surface area contributed by atoms with Crippen molar-refractivity contribution in [2.24, 2.45) is 4.99 Å². The Bertz CT molecular complexity index is 883. The minimum atomic E-state index is -1.23. The molecule has 0 spiro atoms. The quantitative estimate of drug-likeness (QED) is 0.755. The van der Waals surface area contributed by atoms with Crippen LogP contribution < -0.4 is 0 Å². The summed E-state index contributed by atoms with van der Waals surface area (Å²) < 4.78 is 12.7. The number of rotatable bonds is 3. The van der Waals surface area contributed by atoms with E-state index < -0.39 is 11.2 Å². The zero-order valence-corrected chi connectivity index (χ0v) is 12.5. The lowest BCUT2D eigenvalue weighted by atomic mass is 10.1. The third kappa shape index (κ3) is 2.24. The summed E-state index contributed by atoms with van der Waals surface area (Å²) in [5.41, 5.74) is 2.93. The van der Waals surface area contributed by atoms with Crippen molar-refractivity contribution < 1.29 is 4.55 Å². The molecule has 0 fully saturated rings. The summed E-state index contributed by atoms with van der Waals surface area (Å²) in [6.45, 7) is 0.713. The molecule has 1 aliphatic rings.